The van der Waals surface area contributed by atoms with Gasteiger partial charge in [0.15, 0.2) is 0 Å². The Kier molecular flexibility index (Phi) is 4.27. The van der Waals surface area contributed by atoms with E-state index in [1.807, 2.05) is 10.6 Å². The third-order valence-corrected chi connectivity index (χ3v) is 3.44. The topological polar surface area (TPSA) is 43.8 Å². The van der Waals surface area contributed by atoms with Gasteiger partial charge < -0.3 is 10.3 Å². The van der Waals surface area contributed by atoms with Crippen LogP contribution in [0.3, 0.4) is 0 Å². The molecule has 1 aromatic carbocycles. The lowest BCUT2D eigenvalue weighted by Crippen LogP contribution is -2.25. The van der Waals surface area contributed by atoms with E-state index in [4.69, 9.17) is 28.9 Å². The molecular formula is C13H15Cl2N3. The van der Waals surface area contributed by atoms with Crippen molar-refractivity contribution in [2.75, 3.05) is 0 Å². The van der Waals surface area contributed by atoms with Gasteiger partial charge in [0.05, 0.1) is 23.2 Å². The largest absolute Gasteiger partial charge is 0.329 e. The van der Waals surface area contributed by atoms with Gasteiger partial charge in [-0.2, -0.15) is 0 Å². The minimum absolute atomic E-state index is 0.107. The van der Waals surface area contributed by atoms with Crippen molar-refractivity contribution in [3.8, 4) is 11.3 Å². The molecule has 1 unspecified atom stereocenters. The molecule has 0 bridgehead atoms. The average molecular weight is 284 g/mol. The van der Waals surface area contributed by atoms with Crippen LogP contribution in [-0.4, -0.2) is 15.6 Å². The Labute approximate surface area is 117 Å². The Hall–Kier alpha value is -1.03. The summed E-state index contributed by atoms with van der Waals surface area (Å²) in [4.78, 5) is 4.16. The molecule has 1 heterocycles. The maximum Gasteiger partial charge on any atom is 0.0951 e. The van der Waals surface area contributed by atoms with Gasteiger partial charge in [-0.1, -0.05) is 30.1 Å². The first kappa shape index (κ1) is 13.4. The summed E-state index contributed by atoms with van der Waals surface area (Å²) in [5.41, 5.74) is 7.79. The zero-order valence-corrected chi connectivity index (χ0v) is 11.6. The molecular weight excluding hydrogens is 269 g/mol. The average Bonchev–Trinajstić information content (AvgIpc) is 2.80. The van der Waals surface area contributed by atoms with Crippen LogP contribution in [0.4, 0.5) is 0 Å². The van der Waals surface area contributed by atoms with Gasteiger partial charge in [0.1, 0.15) is 0 Å². The standard InChI is InChI=1S/C13H15Cl2N3/c1-2-10(16)7-18-8-17-6-13(18)11-5-9(14)3-4-12(11)15/h3-6,8,10H,2,7,16H2,1H3. The summed E-state index contributed by atoms with van der Waals surface area (Å²) in [6, 6.07) is 5.51. The van der Waals surface area contributed by atoms with Crippen molar-refractivity contribution in [3.05, 3.63) is 40.8 Å². The highest BCUT2D eigenvalue weighted by Gasteiger charge is 2.11. The van der Waals surface area contributed by atoms with E-state index in [0.717, 1.165) is 17.7 Å². The Morgan fingerprint density at radius 2 is 2.17 bits per heavy atom. The highest BCUT2D eigenvalue weighted by atomic mass is 35.5. The van der Waals surface area contributed by atoms with Gasteiger partial charge in [-0.15, -0.1) is 0 Å². The highest BCUT2D eigenvalue weighted by Crippen LogP contribution is 2.30. The van der Waals surface area contributed by atoms with Crippen molar-refractivity contribution >= 4 is 23.2 Å². The van der Waals surface area contributed by atoms with Crippen LogP contribution in [0.15, 0.2) is 30.7 Å². The Morgan fingerprint density at radius 1 is 1.39 bits per heavy atom. The fourth-order valence-corrected chi connectivity index (χ4v) is 2.15. The van der Waals surface area contributed by atoms with Crippen LogP contribution in [-0.2, 0) is 6.54 Å². The van der Waals surface area contributed by atoms with Crippen LogP contribution >= 0.6 is 23.2 Å². The lowest BCUT2D eigenvalue weighted by atomic mass is 10.1. The second-order valence-electron chi connectivity index (χ2n) is 4.22. The fraction of sp³-hybridized carbons (Fsp3) is 0.308. The SMILES string of the molecule is CCC(N)Cn1cncc1-c1cc(Cl)ccc1Cl. The predicted molar refractivity (Wildman–Crippen MR) is 75.9 cm³/mol. The molecule has 18 heavy (non-hydrogen) atoms. The summed E-state index contributed by atoms with van der Waals surface area (Å²) in [5.74, 6) is 0. The summed E-state index contributed by atoms with van der Waals surface area (Å²) in [6.45, 7) is 2.78. The Bertz CT molecular complexity index is 537. The van der Waals surface area contributed by atoms with E-state index in [0.29, 0.717) is 16.6 Å². The molecule has 0 spiro atoms. The fourth-order valence-electron chi connectivity index (χ4n) is 1.77. The zero-order chi connectivity index (χ0) is 13.1. The molecule has 1 atom stereocenters. The predicted octanol–water partition coefficient (Wildman–Crippen LogP) is 3.59. The third kappa shape index (κ3) is 2.86. The molecule has 0 amide bonds. The maximum absolute atomic E-state index is 6.20. The zero-order valence-electron chi connectivity index (χ0n) is 10.1. The Balaban J connectivity index is 2.39. The second kappa shape index (κ2) is 5.74. The molecule has 0 aliphatic rings. The Morgan fingerprint density at radius 3 is 2.89 bits per heavy atom. The van der Waals surface area contributed by atoms with Crippen LogP contribution in [0.25, 0.3) is 11.3 Å². The van der Waals surface area contributed by atoms with Gasteiger partial charge in [-0.25, -0.2) is 4.98 Å². The number of hydrogen-bond acceptors (Lipinski definition) is 2. The molecule has 96 valence electrons. The molecule has 0 radical (unpaired) electrons. The van der Waals surface area contributed by atoms with Crippen molar-refractivity contribution in [2.24, 2.45) is 5.73 Å². The van der Waals surface area contributed by atoms with E-state index >= 15 is 0 Å². The summed E-state index contributed by atoms with van der Waals surface area (Å²) >= 11 is 12.2. The quantitative estimate of drug-likeness (QED) is 0.932. The monoisotopic (exact) mass is 283 g/mol. The smallest absolute Gasteiger partial charge is 0.0951 e. The lowest BCUT2D eigenvalue weighted by molar-refractivity contribution is 0.542. The van der Waals surface area contributed by atoms with Gasteiger partial charge in [0, 0.05) is 23.2 Å². The van der Waals surface area contributed by atoms with Crippen LogP contribution in [0, 0.1) is 0 Å². The van der Waals surface area contributed by atoms with Crippen LogP contribution < -0.4 is 5.73 Å². The number of rotatable bonds is 4. The van der Waals surface area contributed by atoms with Gasteiger partial charge in [0.2, 0.25) is 0 Å². The number of hydrogen-bond donors (Lipinski definition) is 1. The summed E-state index contributed by atoms with van der Waals surface area (Å²) in [5, 5.41) is 1.31. The maximum atomic E-state index is 6.20. The number of halogens is 2. The summed E-state index contributed by atoms with van der Waals surface area (Å²) in [6.07, 6.45) is 4.46. The second-order valence-corrected chi connectivity index (χ2v) is 5.07. The van der Waals surface area contributed by atoms with E-state index in [1.165, 1.54) is 0 Å². The summed E-state index contributed by atoms with van der Waals surface area (Å²) < 4.78 is 2.01. The number of nitrogens with zero attached hydrogens (tertiary/aromatic N) is 2. The van der Waals surface area contributed by atoms with Gasteiger partial charge in [-0.05, 0) is 24.6 Å². The molecule has 3 nitrogen and oxygen atoms in total. The van der Waals surface area contributed by atoms with Crippen LogP contribution in [0.2, 0.25) is 10.0 Å². The number of nitrogens with two attached hydrogens (primary N) is 1. The van der Waals surface area contributed by atoms with E-state index in [2.05, 4.69) is 11.9 Å². The molecule has 0 fully saturated rings. The number of imidazole rings is 1. The molecule has 0 aliphatic carbocycles. The molecule has 2 aromatic rings. The van der Waals surface area contributed by atoms with Crippen molar-refractivity contribution in [3.63, 3.8) is 0 Å². The van der Waals surface area contributed by atoms with Crippen molar-refractivity contribution < 1.29 is 0 Å². The molecule has 0 saturated carbocycles. The van der Waals surface area contributed by atoms with Crippen LogP contribution in [0.5, 0.6) is 0 Å². The van der Waals surface area contributed by atoms with Crippen molar-refractivity contribution in [1.29, 1.82) is 0 Å². The van der Waals surface area contributed by atoms with Crippen molar-refractivity contribution in [2.45, 2.75) is 25.9 Å². The van der Waals surface area contributed by atoms with Crippen molar-refractivity contribution in [1.82, 2.24) is 9.55 Å². The lowest BCUT2D eigenvalue weighted by Gasteiger charge is -2.13. The van der Waals surface area contributed by atoms with Crippen LogP contribution in [0.1, 0.15) is 13.3 Å². The summed E-state index contributed by atoms with van der Waals surface area (Å²) in [7, 11) is 0. The first-order chi connectivity index (χ1) is 8.61. The molecule has 2 N–H and O–H groups in total. The first-order valence-corrected chi connectivity index (χ1v) is 6.58. The third-order valence-electron chi connectivity index (χ3n) is 2.87. The van der Waals surface area contributed by atoms with E-state index in [-0.39, 0.29) is 6.04 Å². The molecule has 0 saturated heterocycles. The van der Waals surface area contributed by atoms with Gasteiger partial charge >= 0.3 is 0 Å². The van der Waals surface area contributed by atoms with E-state index < -0.39 is 0 Å². The molecule has 0 aliphatic heterocycles. The number of aromatic nitrogens is 2. The highest BCUT2D eigenvalue weighted by molar-refractivity contribution is 6.35. The molecule has 1 aromatic heterocycles. The minimum atomic E-state index is 0.107. The number of benzene rings is 1. The minimum Gasteiger partial charge on any atom is -0.329 e. The molecule has 2 rings (SSSR count). The normalized spacial score (nSPS) is 12.7. The van der Waals surface area contributed by atoms with Gasteiger partial charge in [0.25, 0.3) is 0 Å². The van der Waals surface area contributed by atoms with E-state index in [9.17, 15) is 0 Å². The van der Waals surface area contributed by atoms with E-state index in [1.54, 1.807) is 24.7 Å². The molecule has 5 heteroatoms. The van der Waals surface area contributed by atoms with Gasteiger partial charge in [-0.3, -0.25) is 0 Å². The first-order valence-electron chi connectivity index (χ1n) is 5.83.